The molecule has 0 amide bonds. The lowest BCUT2D eigenvalue weighted by Gasteiger charge is -2.13. The lowest BCUT2D eigenvalue weighted by atomic mass is 9.98. The van der Waals surface area contributed by atoms with E-state index < -0.39 is 20.0 Å². The second-order valence-corrected chi connectivity index (χ2v) is 3.37. The fourth-order valence-electron chi connectivity index (χ4n) is 1.35. The molecule has 0 N–H and O–H groups in total. The molecule has 0 fully saturated rings. The zero-order chi connectivity index (χ0) is 10.7. The lowest BCUT2D eigenvalue weighted by molar-refractivity contribution is 0.432. The summed E-state index contributed by atoms with van der Waals surface area (Å²) in [6.45, 7) is 0.989. The van der Waals surface area contributed by atoms with Crippen molar-refractivity contribution >= 4 is 12.6 Å². The van der Waals surface area contributed by atoms with Crippen LogP contribution in [0.25, 0.3) is 0 Å². The Balaban J connectivity index is 3.43. The molecule has 0 bridgehead atoms. The molecule has 0 aliphatic carbocycles. The van der Waals surface area contributed by atoms with Gasteiger partial charge in [-0.25, -0.2) is 13.2 Å². The highest BCUT2D eigenvalue weighted by Gasteiger charge is 2.14. The van der Waals surface area contributed by atoms with Crippen LogP contribution in [0.15, 0.2) is 11.0 Å². The van der Waals surface area contributed by atoms with Gasteiger partial charge in [0.1, 0.15) is 20.0 Å². The first-order chi connectivity index (χ1) is 6.65. The van der Waals surface area contributed by atoms with Crippen LogP contribution in [0.3, 0.4) is 0 Å². The van der Waals surface area contributed by atoms with Crippen LogP contribution in [0.5, 0.6) is 0 Å². The second kappa shape index (κ2) is 4.73. The summed E-state index contributed by atoms with van der Waals surface area (Å²) in [6.07, 6.45) is 0. The molecule has 1 aromatic carbocycles. The summed E-state index contributed by atoms with van der Waals surface area (Å²) >= 11 is 3.99. The van der Waals surface area contributed by atoms with Crippen molar-refractivity contribution in [2.45, 2.75) is 24.9 Å². The zero-order valence-corrected chi connectivity index (χ0v) is 8.38. The van der Waals surface area contributed by atoms with E-state index >= 15 is 0 Å². The van der Waals surface area contributed by atoms with Crippen LogP contribution in [0.2, 0.25) is 0 Å². The normalized spacial score (nSPS) is 10.6. The van der Waals surface area contributed by atoms with Gasteiger partial charge in [0, 0.05) is 10.5 Å². The largest absolute Gasteiger partial charge is 0.246 e. The van der Waals surface area contributed by atoms with Gasteiger partial charge < -0.3 is 0 Å². The van der Waals surface area contributed by atoms with Gasteiger partial charge in [-0.05, 0) is 29.7 Å². The summed E-state index contributed by atoms with van der Waals surface area (Å²) in [4.78, 5) is 0.322. The van der Waals surface area contributed by atoms with Crippen LogP contribution in [0.1, 0.15) is 22.3 Å². The van der Waals surface area contributed by atoms with Gasteiger partial charge in [0.25, 0.3) is 0 Å². The van der Waals surface area contributed by atoms with Crippen molar-refractivity contribution in [2.24, 2.45) is 0 Å². The molecule has 0 heterocycles. The summed E-state index contributed by atoms with van der Waals surface area (Å²) < 4.78 is 37.6. The molecule has 0 saturated carbocycles. The average Bonchev–Trinajstić information content (AvgIpc) is 2.16. The Labute approximate surface area is 86.5 Å². The molecular formula is C10H10F3S. The minimum Gasteiger partial charge on any atom is -0.246 e. The van der Waals surface area contributed by atoms with Crippen LogP contribution in [-0.4, -0.2) is 0 Å². The number of thiol groups is 1. The predicted molar refractivity (Wildman–Crippen MR) is 52.6 cm³/mol. The third kappa shape index (κ3) is 1.90. The molecule has 0 spiro atoms. The van der Waals surface area contributed by atoms with Crippen molar-refractivity contribution < 1.29 is 13.2 Å². The Morgan fingerprint density at radius 1 is 1.00 bits per heavy atom. The monoisotopic (exact) mass is 219 g/mol. The maximum absolute atomic E-state index is 12.6. The van der Waals surface area contributed by atoms with E-state index in [0.29, 0.717) is 10.5 Å². The Bertz CT molecular complexity index is 308. The smallest absolute Gasteiger partial charge is 0.116 e. The molecule has 77 valence electrons. The molecule has 0 aliphatic rings. The SMILES string of the molecule is [CH2]c1cc(S)c(CF)c(CF)c1CF. The van der Waals surface area contributed by atoms with Gasteiger partial charge in [-0.2, -0.15) is 0 Å². The standard InChI is InChI=1S/C10H10F3S/c1-6-2-10(14)9(5-13)8(4-12)7(6)3-11/h2,14H,1,3-5H2. The van der Waals surface area contributed by atoms with Gasteiger partial charge in [0.2, 0.25) is 0 Å². The van der Waals surface area contributed by atoms with Crippen molar-refractivity contribution in [3.05, 3.63) is 35.2 Å². The van der Waals surface area contributed by atoms with Crippen LogP contribution < -0.4 is 0 Å². The van der Waals surface area contributed by atoms with E-state index in [1.54, 1.807) is 0 Å². The Morgan fingerprint density at radius 2 is 1.50 bits per heavy atom. The maximum atomic E-state index is 12.6. The van der Waals surface area contributed by atoms with Gasteiger partial charge in [-0.15, -0.1) is 12.6 Å². The zero-order valence-electron chi connectivity index (χ0n) is 7.49. The van der Waals surface area contributed by atoms with Crippen molar-refractivity contribution in [3.8, 4) is 0 Å². The summed E-state index contributed by atoms with van der Waals surface area (Å²) in [5.74, 6) is 0. The van der Waals surface area contributed by atoms with E-state index in [9.17, 15) is 13.2 Å². The molecular weight excluding hydrogens is 209 g/mol. The lowest BCUT2D eigenvalue weighted by Crippen LogP contribution is -2.00. The number of benzene rings is 1. The highest BCUT2D eigenvalue weighted by molar-refractivity contribution is 7.80. The highest BCUT2D eigenvalue weighted by Crippen LogP contribution is 2.28. The third-order valence-electron chi connectivity index (χ3n) is 2.14. The third-order valence-corrected chi connectivity index (χ3v) is 2.54. The number of hydrogen-bond donors (Lipinski definition) is 1. The molecule has 0 unspecified atom stereocenters. The summed E-state index contributed by atoms with van der Waals surface area (Å²) in [5.41, 5.74) is 0.670. The van der Waals surface area contributed by atoms with Crippen LogP contribution in [-0.2, 0) is 20.0 Å². The van der Waals surface area contributed by atoms with E-state index in [0.717, 1.165) is 0 Å². The fourth-order valence-corrected chi connectivity index (χ4v) is 1.70. The first kappa shape index (κ1) is 11.4. The molecule has 14 heavy (non-hydrogen) atoms. The predicted octanol–water partition coefficient (Wildman–Crippen LogP) is 3.57. The van der Waals surface area contributed by atoms with Crippen LogP contribution in [0, 0.1) is 6.92 Å². The molecule has 0 aromatic heterocycles. The minimum absolute atomic E-state index is 0.0486. The van der Waals surface area contributed by atoms with E-state index in [1.807, 2.05) is 0 Å². The van der Waals surface area contributed by atoms with E-state index in [-0.39, 0.29) is 16.7 Å². The summed E-state index contributed by atoms with van der Waals surface area (Å²) in [6, 6.07) is 1.45. The minimum atomic E-state index is -0.893. The molecule has 1 radical (unpaired) electrons. The molecule has 0 aliphatic heterocycles. The number of halogens is 3. The molecule has 0 atom stereocenters. The fraction of sp³-hybridized carbons (Fsp3) is 0.300. The molecule has 1 aromatic rings. The van der Waals surface area contributed by atoms with E-state index in [1.165, 1.54) is 6.07 Å². The maximum Gasteiger partial charge on any atom is 0.116 e. The number of alkyl halides is 3. The van der Waals surface area contributed by atoms with E-state index in [2.05, 4.69) is 19.6 Å². The molecule has 0 saturated heterocycles. The van der Waals surface area contributed by atoms with Gasteiger partial charge >= 0.3 is 0 Å². The van der Waals surface area contributed by atoms with Crippen molar-refractivity contribution in [3.63, 3.8) is 0 Å². The topological polar surface area (TPSA) is 0 Å². The molecule has 4 heteroatoms. The Hall–Kier alpha value is -0.640. The summed E-state index contributed by atoms with van der Waals surface area (Å²) in [5, 5.41) is 0. The van der Waals surface area contributed by atoms with Crippen LogP contribution >= 0.6 is 12.6 Å². The first-order valence-corrected chi connectivity index (χ1v) is 4.46. The van der Waals surface area contributed by atoms with Crippen molar-refractivity contribution in [2.75, 3.05) is 0 Å². The van der Waals surface area contributed by atoms with Crippen molar-refractivity contribution in [1.29, 1.82) is 0 Å². The van der Waals surface area contributed by atoms with Crippen molar-refractivity contribution in [1.82, 2.24) is 0 Å². The Kier molecular flexibility index (Phi) is 3.86. The Morgan fingerprint density at radius 3 is 1.93 bits per heavy atom. The van der Waals surface area contributed by atoms with Gasteiger partial charge in [-0.1, -0.05) is 0 Å². The number of rotatable bonds is 3. The first-order valence-electron chi connectivity index (χ1n) is 4.02. The van der Waals surface area contributed by atoms with Gasteiger partial charge in [0.15, 0.2) is 0 Å². The average molecular weight is 219 g/mol. The van der Waals surface area contributed by atoms with Gasteiger partial charge in [-0.3, -0.25) is 0 Å². The highest BCUT2D eigenvalue weighted by atomic mass is 32.1. The van der Waals surface area contributed by atoms with Gasteiger partial charge in [0.05, 0.1) is 0 Å². The van der Waals surface area contributed by atoms with E-state index in [4.69, 9.17) is 0 Å². The molecule has 0 nitrogen and oxygen atoms in total. The second-order valence-electron chi connectivity index (χ2n) is 2.89. The molecule has 1 rings (SSSR count). The van der Waals surface area contributed by atoms with Crippen LogP contribution in [0.4, 0.5) is 13.2 Å². The summed E-state index contributed by atoms with van der Waals surface area (Å²) in [7, 11) is 0. The quantitative estimate of drug-likeness (QED) is 0.738. The number of hydrogen-bond acceptors (Lipinski definition) is 1.